The van der Waals surface area contributed by atoms with E-state index in [4.69, 9.17) is 5.11 Å². The molecular weight excluding hydrogens is 380 g/mol. The third-order valence-electron chi connectivity index (χ3n) is 3.68. The van der Waals surface area contributed by atoms with Gasteiger partial charge in [-0.25, -0.2) is 19.2 Å². The van der Waals surface area contributed by atoms with Crippen molar-refractivity contribution in [2.24, 2.45) is 0 Å². The molecule has 1 aromatic carbocycles. The minimum Gasteiger partial charge on any atom is -0.478 e. The molecule has 29 heavy (non-hydrogen) atoms. The van der Waals surface area contributed by atoms with Crippen molar-refractivity contribution < 1.29 is 39.6 Å². The zero-order valence-electron chi connectivity index (χ0n) is 15.7. The average Bonchev–Trinajstić information content (AvgIpc) is 2.63. The Morgan fingerprint density at radius 3 is 1.14 bits per heavy atom. The van der Waals surface area contributed by atoms with Gasteiger partial charge in [0.05, 0.1) is 16.7 Å². The first-order chi connectivity index (χ1) is 13.6. The van der Waals surface area contributed by atoms with Gasteiger partial charge in [-0.05, 0) is 36.0 Å². The zero-order chi connectivity index (χ0) is 22.7. The molecule has 0 atom stereocenters. The van der Waals surface area contributed by atoms with Crippen molar-refractivity contribution in [3.8, 4) is 0 Å². The van der Waals surface area contributed by atoms with E-state index in [1.165, 1.54) is 18.2 Å². The largest absolute Gasteiger partial charge is 0.478 e. The highest BCUT2D eigenvalue weighted by atomic mass is 16.4. The van der Waals surface area contributed by atoms with Gasteiger partial charge in [-0.1, -0.05) is 24.8 Å². The smallest absolute Gasteiger partial charge is 0.336 e. The van der Waals surface area contributed by atoms with Crippen LogP contribution in [-0.2, 0) is 24.1 Å². The van der Waals surface area contributed by atoms with E-state index in [-0.39, 0.29) is 41.5 Å². The van der Waals surface area contributed by atoms with Crippen LogP contribution in [0.15, 0.2) is 50.6 Å². The van der Waals surface area contributed by atoms with Crippen molar-refractivity contribution in [2.45, 2.75) is 19.3 Å². The van der Waals surface area contributed by atoms with Crippen molar-refractivity contribution in [2.75, 3.05) is 0 Å². The van der Waals surface area contributed by atoms with Crippen LogP contribution >= 0.6 is 0 Å². The van der Waals surface area contributed by atoms with E-state index in [9.17, 15) is 34.5 Å². The lowest BCUT2D eigenvalue weighted by Crippen LogP contribution is -2.21. The van der Waals surface area contributed by atoms with Gasteiger partial charge < -0.3 is 20.4 Å². The highest BCUT2D eigenvalue weighted by Gasteiger charge is 2.31. The molecule has 4 N–H and O–H groups in total. The highest BCUT2D eigenvalue weighted by molar-refractivity contribution is 6.07. The average molecular weight is 402 g/mol. The number of benzene rings is 1. The quantitative estimate of drug-likeness (QED) is 0.344. The number of carbonyl (C=O) groups is 4. The van der Waals surface area contributed by atoms with Gasteiger partial charge in [-0.2, -0.15) is 0 Å². The summed E-state index contributed by atoms with van der Waals surface area (Å²) in [5.74, 6) is -5.24. The SMILES string of the molecule is C=CC(=O)O.C=CCc1c(CC=C)c(C(=O)O)c(C(=O)O)c(CC=C)c1C(=O)O. The molecule has 0 aliphatic heterocycles. The van der Waals surface area contributed by atoms with E-state index < -0.39 is 35.0 Å². The van der Waals surface area contributed by atoms with Gasteiger partial charge in [0.1, 0.15) is 0 Å². The minimum absolute atomic E-state index is 0.0275. The first-order valence-corrected chi connectivity index (χ1v) is 8.17. The van der Waals surface area contributed by atoms with Crippen LogP contribution in [0.25, 0.3) is 0 Å². The van der Waals surface area contributed by atoms with E-state index in [1.54, 1.807) is 0 Å². The molecule has 0 aliphatic carbocycles. The zero-order valence-corrected chi connectivity index (χ0v) is 15.7. The van der Waals surface area contributed by atoms with Gasteiger partial charge in [0.2, 0.25) is 0 Å². The van der Waals surface area contributed by atoms with E-state index in [0.717, 1.165) is 6.08 Å². The molecule has 0 fully saturated rings. The second-order valence-corrected chi connectivity index (χ2v) is 5.50. The fourth-order valence-electron chi connectivity index (χ4n) is 2.73. The lowest BCUT2D eigenvalue weighted by Gasteiger charge is -2.20. The molecule has 1 aromatic rings. The van der Waals surface area contributed by atoms with Crippen LogP contribution in [0.5, 0.6) is 0 Å². The monoisotopic (exact) mass is 402 g/mol. The molecule has 8 nitrogen and oxygen atoms in total. The molecule has 8 heteroatoms. The van der Waals surface area contributed by atoms with Gasteiger partial charge in [-0.3, -0.25) is 0 Å². The molecule has 0 saturated carbocycles. The number of carboxylic acids is 4. The predicted molar refractivity (Wildman–Crippen MR) is 107 cm³/mol. The lowest BCUT2D eigenvalue weighted by atomic mass is 9.82. The number of hydrogen-bond acceptors (Lipinski definition) is 4. The summed E-state index contributed by atoms with van der Waals surface area (Å²) < 4.78 is 0. The van der Waals surface area contributed by atoms with Gasteiger partial charge in [0.15, 0.2) is 0 Å². The molecule has 1 rings (SSSR count). The van der Waals surface area contributed by atoms with Gasteiger partial charge >= 0.3 is 23.9 Å². The number of carboxylic acid groups (broad SMARTS) is 4. The third-order valence-corrected chi connectivity index (χ3v) is 3.68. The Bertz CT molecular complexity index is 877. The maximum atomic E-state index is 11.8. The topological polar surface area (TPSA) is 149 Å². The highest BCUT2D eigenvalue weighted by Crippen LogP contribution is 2.31. The Balaban J connectivity index is 0.00000139. The molecule has 0 unspecified atom stereocenters. The standard InChI is InChI=1S/C18H18O6.C3H4O2/c1-4-7-10-11(8-5-2)14(17(21)22)15(18(23)24)12(9-6-3)13(10)16(19)20;1-2-3(4)5/h4-6H,1-3,7-9H2,(H,19,20)(H,21,22)(H,23,24);2H,1H2,(H,4,5). The summed E-state index contributed by atoms with van der Waals surface area (Å²) in [7, 11) is 0. The lowest BCUT2D eigenvalue weighted by molar-refractivity contribution is -0.131. The maximum Gasteiger partial charge on any atom is 0.336 e. The fourth-order valence-corrected chi connectivity index (χ4v) is 2.73. The summed E-state index contributed by atoms with van der Waals surface area (Å²) in [6, 6.07) is 0. The van der Waals surface area contributed by atoms with Crippen LogP contribution in [-0.4, -0.2) is 44.3 Å². The third kappa shape index (κ3) is 6.31. The molecular formula is C21H22O8. The molecule has 0 heterocycles. The van der Waals surface area contributed by atoms with Gasteiger partial charge in [-0.15, -0.1) is 19.7 Å². The van der Waals surface area contributed by atoms with Crippen LogP contribution in [0.1, 0.15) is 47.8 Å². The normalized spacial score (nSPS) is 9.38. The van der Waals surface area contributed by atoms with Crippen molar-refractivity contribution in [3.63, 3.8) is 0 Å². The van der Waals surface area contributed by atoms with Crippen LogP contribution in [0, 0.1) is 0 Å². The Morgan fingerprint density at radius 2 is 0.862 bits per heavy atom. The van der Waals surface area contributed by atoms with Crippen molar-refractivity contribution in [3.05, 3.63) is 84.0 Å². The Kier molecular flexibility index (Phi) is 10.1. The Labute approximate surface area is 167 Å². The molecule has 0 aromatic heterocycles. The second-order valence-electron chi connectivity index (χ2n) is 5.50. The number of aromatic carboxylic acids is 3. The molecule has 0 radical (unpaired) electrons. The fraction of sp³-hybridized carbons (Fsp3) is 0.143. The Morgan fingerprint density at radius 1 is 0.586 bits per heavy atom. The number of rotatable bonds is 10. The van der Waals surface area contributed by atoms with E-state index in [2.05, 4.69) is 26.3 Å². The molecule has 0 amide bonds. The van der Waals surface area contributed by atoms with Crippen molar-refractivity contribution in [1.29, 1.82) is 0 Å². The van der Waals surface area contributed by atoms with Gasteiger partial charge in [0.25, 0.3) is 0 Å². The number of allylic oxidation sites excluding steroid dienone is 3. The Hall–Kier alpha value is -3.94. The first-order valence-electron chi connectivity index (χ1n) is 8.17. The summed E-state index contributed by atoms with van der Waals surface area (Å²) in [5, 5.41) is 36.2. The van der Waals surface area contributed by atoms with E-state index in [1.807, 2.05) is 0 Å². The first kappa shape index (κ1) is 25.1. The van der Waals surface area contributed by atoms with E-state index in [0.29, 0.717) is 0 Å². The van der Waals surface area contributed by atoms with Crippen molar-refractivity contribution in [1.82, 2.24) is 0 Å². The minimum atomic E-state index is -1.50. The molecule has 0 spiro atoms. The van der Waals surface area contributed by atoms with Gasteiger partial charge in [0, 0.05) is 6.08 Å². The van der Waals surface area contributed by atoms with Crippen LogP contribution in [0.4, 0.5) is 0 Å². The van der Waals surface area contributed by atoms with Crippen LogP contribution in [0.2, 0.25) is 0 Å². The summed E-state index contributed by atoms with van der Waals surface area (Å²) in [5.41, 5.74) is -0.872. The second kappa shape index (κ2) is 11.7. The molecule has 0 bridgehead atoms. The summed E-state index contributed by atoms with van der Waals surface area (Å²) in [4.78, 5) is 44.4. The van der Waals surface area contributed by atoms with Crippen LogP contribution < -0.4 is 0 Å². The summed E-state index contributed by atoms with van der Waals surface area (Å²) in [6.45, 7) is 13.6. The summed E-state index contributed by atoms with van der Waals surface area (Å²) >= 11 is 0. The predicted octanol–water partition coefficient (Wildman–Crippen LogP) is 3.22. The summed E-state index contributed by atoms with van der Waals surface area (Å²) in [6.07, 6.45) is 5.05. The molecule has 0 saturated heterocycles. The van der Waals surface area contributed by atoms with Crippen LogP contribution in [0.3, 0.4) is 0 Å². The number of hydrogen-bond donors (Lipinski definition) is 4. The van der Waals surface area contributed by atoms with Crippen molar-refractivity contribution >= 4 is 23.9 Å². The maximum absolute atomic E-state index is 11.8. The molecule has 0 aliphatic rings. The van der Waals surface area contributed by atoms with E-state index >= 15 is 0 Å². The molecule has 154 valence electrons. The number of aliphatic carboxylic acids is 1.